The average Bonchev–Trinajstić information content (AvgIpc) is 2.91. The quantitative estimate of drug-likeness (QED) is 0.817. The first-order chi connectivity index (χ1) is 11.4. The van der Waals surface area contributed by atoms with Crippen LogP contribution in [0.25, 0.3) is 10.8 Å². The third kappa shape index (κ3) is 2.82. The Balaban J connectivity index is 1.60. The van der Waals surface area contributed by atoms with Crippen LogP contribution in [0, 0.1) is 5.92 Å². The van der Waals surface area contributed by atoms with Gasteiger partial charge < -0.3 is 4.90 Å². The van der Waals surface area contributed by atoms with Gasteiger partial charge in [-0.05, 0) is 18.4 Å². The van der Waals surface area contributed by atoms with Crippen molar-refractivity contribution in [3.8, 4) is 0 Å². The first-order valence-electron chi connectivity index (χ1n) is 8.08. The van der Waals surface area contributed by atoms with Crippen LogP contribution < -0.4 is 4.90 Å². The molecule has 2 aliphatic rings. The molecule has 23 heavy (non-hydrogen) atoms. The molecule has 3 heterocycles. The highest BCUT2D eigenvalue weighted by molar-refractivity contribution is 5.93. The van der Waals surface area contributed by atoms with Crippen molar-refractivity contribution >= 4 is 22.7 Å². The summed E-state index contributed by atoms with van der Waals surface area (Å²) in [4.78, 5) is 11.0. The highest BCUT2D eigenvalue weighted by Gasteiger charge is 2.18. The number of hydrogen-bond acceptors (Lipinski definition) is 3. The van der Waals surface area contributed by atoms with Gasteiger partial charge in [0.05, 0.1) is 11.9 Å². The SMILES string of the molecule is C1=CN=CC(C2C=CN(c3cncc4ccccc34)CC2)=CC1. The Morgan fingerprint density at radius 2 is 2.09 bits per heavy atom. The lowest BCUT2D eigenvalue weighted by Gasteiger charge is -2.29. The van der Waals surface area contributed by atoms with E-state index in [2.05, 4.69) is 63.6 Å². The number of pyridine rings is 1. The highest BCUT2D eigenvalue weighted by Crippen LogP contribution is 2.30. The second-order valence-corrected chi connectivity index (χ2v) is 5.91. The van der Waals surface area contributed by atoms with Crippen molar-refractivity contribution in [3.63, 3.8) is 0 Å². The van der Waals surface area contributed by atoms with Gasteiger partial charge >= 0.3 is 0 Å². The van der Waals surface area contributed by atoms with Crippen molar-refractivity contribution in [2.24, 2.45) is 10.9 Å². The lowest BCUT2D eigenvalue weighted by Crippen LogP contribution is -2.25. The van der Waals surface area contributed by atoms with E-state index in [-0.39, 0.29) is 0 Å². The number of hydrogen-bond donors (Lipinski definition) is 0. The monoisotopic (exact) mass is 301 g/mol. The highest BCUT2D eigenvalue weighted by atomic mass is 15.1. The molecule has 1 unspecified atom stereocenters. The molecule has 2 aliphatic heterocycles. The molecule has 0 saturated heterocycles. The molecule has 0 spiro atoms. The molecule has 4 rings (SSSR count). The van der Waals surface area contributed by atoms with E-state index in [9.17, 15) is 0 Å². The van der Waals surface area contributed by atoms with Gasteiger partial charge in [0.15, 0.2) is 0 Å². The fourth-order valence-electron chi connectivity index (χ4n) is 3.22. The zero-order valence-electron chi connectivity index (χ0n) is 13.0. The summed E-state index contributed by atoms with van der Waals surface area (Å²) in [5.41, 5.74) is 2.50. The minimum atomic E-state index is 0.456. The van der Waals surface area contributed by atoms with Gasteiger partial charge in [-0.25, -0.2) is 0 Å². The van der Waals surface area contributed by atoms with Crippen LogP contribution in [0.15, 0.2) is 77.9 Å². The van der Waals surface area contributed by atoms with E-state index < -0.39 is 0 Å². The number of nitrogens with zero attached hydrogens (tertiary/aromatic N) is 3. The molecule has 0 N–H and O–H groups in total. The number of benzene rings is 1. The minimum absolute atomic E-state index is 0.456. The summed E-state index contributed by atoms with van der Waals surface area (Å²) in [6.07, 6.45) is 18.7. The number of aliphatic imine (C=N–C) groups is 1. The summed E-state index contributed by atoms with van der Waals surface area (Å²) in [6.45, 7) is 0.995. The second-order valence-electron chi connectivity index (χ2n) is 5.91. The molecule has 0 fully saturated rings. The molecule has 0 aliphatic carbocycles. The van der Waals surface area contributed by atoms with E-state index in [0.29, 0.717) is 5.92 Å². The van der Waals surface area contributed by atoms with E-state index in [1.165, 1.54) is 22.0 Å². The van der Waals surface area contributed by atoms with Crippen molar-refractivity contribution in [1.29, 1.82) is 0 Å². The fraction of sp³-hybridized carbons (Fsp3) is 0.200. The van der Waals surface area contributed by atoms with E-state index in [4.69, 9.17) is 0 Å². The maximum Gasteiger partial charge on any atom is 0.0672 e. The van der Waals surface area contributed by atoms with Crippen molar-refractivity contribution in [2.45, 2.75) is 12.8 Å². The molecule has 1 aromatic heterocycles. The van der Waals surface area contributed by atoms with Crippen molar-refractivity contribution in [1.82, 2.24) is 4.98 Å². The lowest BCUT2D eigenvalue weighted by molar-refractivity contribution is 0.661. The first-order valence-corrected chi connectivity index (χ1v) is 8.08. The lowest BCUT2D eigenvalue weighted by atomic mass is 9.93. The summed E-state index contributed by atoms with van der Waals surface area (Å²) < 4.78 is 0. The van der Waals surface area contributed by atoms with Gasteiger partial charge in [-0.1, -0.05) is 42.5 Å². The molecule has 0 amide bonds. The van der Waals surface area contributed by atoms with Crippen LogP contribution >= 0.6 is 0 Å². The molecular weight excluding hydrogens is 282 g/mol. The first kappa shape index (κ1) is 13.9. The Morgan fingerprint density at radius 1 is 1.13 bits per heavy atom. The minimum Gasteiger partial charge on any atom is -0.347 e. The molecule has 1 atom stereocenters. The van der Waals surface area contributed by atoms with Crippen LogP contribution in [0.5, 0.6) is 0 Å². The van der Waals surface area contributed by atoms with Crippen LogP contribution in [0.2, 0.25) is 0 Å². The molecule has 2 aromatic rings. The smallest absolute Gasteiger partial charge is 0.0672 e. The number of fused-ring (bicyclic) bond motifs is 1. The van der Waals surface area contributed by atoms with Gasteiger partial charge in [-0.15, -0.1) is 0 Å². The average molecular weight is 301 g/mol. The zero-order valence-corrected chi connectivity index (χ0v) is 13.0. The molecular formula is C20H19N3. The van der Waals surface area contributed by atoms with Gasteiger partial charge in [-0.2, -0.15) is 0 Å². The van der Waals surface area contributed by atoms with Gasteiger partial charge in [0.1, 0.15) is 0 Å². The standard InChI is InChI=1S/C20H19N3/c1-2-7-19-18(6-1)14-22-15-20(19)23-11-8-16(9-12-23)17-5-3-4-10-21-13-17/h1-2,4-8,10-11,13-16H,3,9,12H2. The number of aromatic nitrogens is 1. The van der Waals surface area contributed by atoms with Crippen molar-refractivity contribution in [2.75, 3.05) is 11.4 Å². The number of anilines is 1. The summed E-state index contributed by atoms with van der Waals surface area (Å²) in [7, 11) is 0. The van der Waals surface area contributed by atoms with E-state index in [0.717, 1.165) is 19.4 Å². The third-order valence-corrected chi connectivity index (χ3v) is 4.47. The zero-order chi connectivity index (χ0) is 15.5. The maximum absolute atomic E-state index is 4.39. The van der Waals surface area contributed by atoms with Gasteiger partial charge in [0.25, 0.3) is 0 Å². The Morgan fingerprint density at radius 3 is 3.00 bits per heavy atom. The van der Waals surface area contributed by atoms with Gasteiger partial charge in [0.2, 0.25) is 0 Å². The summed E-state index contributed by atoms with van der Waals surface area (Å²) in [5.74, 6) is 0.456. The summed E-state index contributed by atoms with van der Waals surface area (Å²) >= 11 is 0. The Hall–Kier alpha value is -2.68. The van der Waals surface area contributed by atoms with Gasteiger partial charge in [0, 0.05) is 48.0 Å². The Labute approximate surface area is 136 Å². The molecule has 0 saturated carbocycles. The molecule has 0 radical (unpaired) electrons. The largest absolute Gasteiger partial charge is 0.347 e. The van der Waals surface area contributed by atoms with Crippen LogP contribution in [-0.4, -0.2) is 17.7 Å². The van der Waals surface area contributed by atoms with Crippen LogP contribution in [-0.2, 0) is 0 Å². The van der Waals surface area contributed by atoms with Crippen LogP contribution in [0.3, 0.4) is 0 Å². The molecule has 114 valence electrons. The van der Waals surface area contributed by atoms with Crippen molar-refractivity contribution in [3.05, 3.63) is 72.9 Å². The maximum atomic E-state index is 4.39. The van der Waals surface area contributed by atoms with Crippen LogP contribution in [0.4, 0.5) is 5.69 Å². The normalized spacial score (nSPS) is 20.6. The number of rotatable bonds is 2. The Bertz CT molecular complexity index is 824. The van der Waals surface area contributed by atoms with E-state index in [1.54, 1.807) is 0 Å². The molecule has 1 aromatic carbocycles. The number of allylic oxidation sites excluding steroid dienone is 4. The second kappa shape index (κ2) is 6.21. The van der Waals surface area contributed by atoms with Crippen molar-refractivity contribution < 1.29 is 0 Å². The topological polar surface area (TPSA) is 28.5 Å². The summed E-state index contributed by atoms with van der Waals surface area (Å²) in [5, 5.41) is 2.44. The van der Waals surface area contributed by atoms with E-state index >= 15 is 0 Å². The molecule has 3 heteroatoms. The van der Waals surface area contributed by atoms with E-state index in [1.807, 2.05) is 24.8 Å². The molecule has 3 nitrogen and oxygen atoms in total. The summed E-state index contributed by atoms with van der Waals surface area (Å²) in [6, 6.07) is 8.42. The van der Waals surface area contributed by atoms with Gasteiger partial charge in [-0.3, -0.25) is 9.98 Å². The molecule has 0 bridgehead atoms. The predicted molar refractivity (Wildman–Crippen MR) is 96.7 cm³/mol. The third-order valence-electron chi connectivity index (χ3n) is 4.47. The Kier molecular flexibility index (Phi) is 3.76. The van der Waals surface area contributed by atoms with Crippen LogP contribution in [0.1, 0.15) is 12.8 Å². The fourth-order valence-corrected chi connectivity index (χ4v) is 3.22. The predicted octanol–water partition coefficient (Wildman–Crippen LogP) is 4.49.